The normalized spacial score (nSPS) is 14.8. The number of primary sulfonamides is 1. The van der Waals surface area contributed by atoms with Gasteiger partial charge >= 0.3 is 0 Å². The maximum Gasteiger partial charge on any atom is 0.247 e. The van der Waals surface area contributed by atoms with Crippen LogP contribution in [-0.4, -0.2) is 28.2 Å². The van der Waals surface area contributed by atoms with E-state index in [0.717, 1.165) is 12.3 Å². The molecule has 1 aromatic rings. The summed E-state index contributed by atoms with van der Waals surface area (Å²) in [6.07, 6.45) is 0.215. The van der Waals surface area contributed by atoms with Crippen LogP contribution in [0.1, 0.15) is 25.0 Å². The molecule has 1 rings (SSSR count). The van der Waals surface area contributed by atoms with Gasteiger partial charge in [-0.05, 0) is 12.5 Å². The van der Waals surface area contributed by atoms with Gasteiger partial charge in [0.2, 0.25) is 10.0 Å². The van der Waals surface area contributed by atoms with Crippen LogP contribution >= 0.6 is 11.3 Å². The molecule has 0 bridgehead atoms. The number of aliphatic hydroxyl groups excluding tert-OH is 1. The molecule has 0 aliphatic heterocycles. The molecule has 1 atom stereocenters. The summed E-state index contributed by atoms with van der Waals surface area (Å²) in [5.41, 5.74) is 0.0871. The average molecular weight is 299 g/mol. The Balaban J connectivity index is 3.54. The average Bonchev–Trinajstić information content (AvgIpc) is 2.59. The molecule has 0 spiro atoms. The number of thiophene rings is 1. The van der Waals surface area contributed by atoms with Gasteiger partial charge in [-0.1, -0.05) is 6.92 Å². The minimum absolute atomic E-state index is 0.0871. The maximum atomic E-state index is 11.5. The summed E-state index contributed by atoms with van der Waals surface area (Å²) in [4.78, 5) is 0. The fourth-order valence-electron chi connectivity index (χ4n) is 1.25. The van der Waals surface area contributed by atoms with Gasteiger partial charge < -0.3 is 5.11 Å². The Morgan fingerprint density at radius 3 is 2.29 bits per heavy atom. The second-order valence-corrected chi connectivity index (χ2v) is 8.60. The Labute approximate surface area is 104 Å². The molecule has 9 heteroatoms. The van der Waals surface area contributed by atoms with E-state index in [4.69, 9.17) is 5.14 Å². The number of hydrogen-bond donors (Lipinski definition) is 2. The summed E-state index contributed by atoms with van der Waals surface area (Å²) in [6.45, 7) is 1.66. The molecular weight excluding hydrogens is 286 g/mol. The van der Waals surface area contributed by atoms with Crippen molar-refractivity contribution in [1.82, 2.24) is 0 Å². The van der Waals surface area contributed by atoms with Crippen molar-refractivity contribution >= 4 is 31.2 Å². The smallest absolute Gasteiger partial charge is 0.247 e. The van der Waals surface area contributed by atoms with E-state index in [2.05, 4.69) is 0 Å². The van der Waals surface area contributed by atoms with Gasteiger partial charge in [-0.25, -0.2) is 22.0 Å². The minimum atomic E-state index is -3.96. The van der Waals surface area contributed by atoms with Crippen molar-refractivity contribution in [3.63, 3.8) is 0 Å². The van der Waals surface area contributed by atoms with Crippen LogP contribution in [0.2, 0.25) is 0 Å². The van der Waals surface area contributed by atoms with Gasteiger partial charge in [-0.15, -0.1) is 11.3 Å². The molecule has 0 unspecified atom stereocenters. The van der Waals surface area contributed by atoms with Crippen LogP contribution < -0.4 is 5.14 Å². The van der Waals surface area contributed by atoms with E-state index < -0.39 is 26.0 Å². The number of hydrogen-bond acceptors (Lipinski definition) is 6. The molecule has 0 saturated heterocycles. The zero-order valence-electron chi connectivity index (χ0n) is 9.24. The first-order chi connectivity index (χ1) is 7.57. The second kappa shape index (κ2) is 4.65. The zero-order chi connectivity index (χ0) is 13.4. The Kier molecular flexibility index (Phi) is 3.99. The molecule has 98 valence electrons. The highest BCUT2D eigenvalue weighted by atomic mass is 32.3. The van der Waals surface area contributed by atoms with Crippen molar-refractivity contribution < 1.29 is 21.9 Å². The van der Waals surface area contributed by atoms with Crippen molar-refractivity contribution in [3.05, 3.63) is 11.6 Å². The quantitative estimate of drug-likeness (QED) is 0.826. The summed E-state index contributed by atoms with van der Waals surface area (Å²) >= 11 is 0.556. The number of nitrogens with two attached hydrogens (primary N) is 1. The third-order valence-corrected chi connectivity index (χ3v) is 6.50. The molecular formula is C8H13NO5S3. The zero-order valence-corrected chi connectivity index (χ0v) is 11.7. The predicted octanol–water partition coefficient (Wildman–Crippen LogP) is 0.242. The number of sulfonamides is 1. The van der Waals surface area contributed by atoms with Gasteiger partial charge in [0.05, 0.1) is 6.10 Å². The lowest BCUT2D eigenvalue weighted by atomic mass is 10.1. The van der Waals surface area contributed by atoms with Crippen molar-refractivity contribution in [2.45, 2.75) is 27.9 Å². The summed E-state index contributed by atoms with van der Waals surface area (Å²) in [5, 5.41) is 14.6. The molecule has 0 saturated carbocycles. The van der Waals surface area contributed by atoms with Crippen LogP contribution in [0.4, 0.5) is 0 Å². The SMILES string of the molecule is CC[C@@H](O)c1cc(S(N)(=O)=O)sc1S(C)(=O)=O. The maximum absolute atomic E-state index is 11.5. The van der Waals surface area contributed by atoms with E-state index in [1.165, 1.54) is 0 Å². The molecule has 0 radical (unpaired) electrons. The summed E-state index contributed by atoms with van der Waals surface area (Å²) in [7, 11) is -7.55. The Morgan fingerprint density at radius 2 is 1.94 bits per heavy atom. The van der Waals surface area contributed by atoms with Crippen LogP contribution in [0.25, 0.3) is 0 Å². The van der Waals surface area contributed by atoms with Crippen LogP contribution in [0.15, 0.2) is 14.5 Å². The van der Waals surface area contributed by atoms with Crippen LogP contribution in [-0.2, 0) is 19.9 Å². The minimum Gasteiger partial charge on any atom is -0.388 e. The van der Waals surface area contributed by atoms with Gasteiger partial charge in [-0.2, -0.15) is 0 Å². The monoisotopic (exact) mass is 299 g/mol. The van der Waals surface area contributed by atoms with Gasteiger partial charge in [0.25, 0.3) is 0 Å². The number of rotatable bonds is 4. The largest absolute Gasteiger partial charge is 0.388 e. The first-order valence-electron chi connectivity index (χ1n) is 4.62. The van der Waals surface area contributed by atoms with Gasteiger partial charge in [0.1, 0.15) is 8.42 Å². The van der Waals surface area contributed by atoms with E-state index in [9.17, 15) is 21.9 Å². The highest BCUT2D eigenvalue weighted by Gasteiger charge is 2.25. The molecule has 1 aromatic heterocycles. The standard InChI is InChI=1S/C8H13NO5S3/c1-3-6(10)5-4-7(17(9,13)14)15-8(5)16(2,11)12/h4,6,10H,3H2,1-2H3,(H2,9,13,14)/t6-/m1/s1. The lowest BCUT2D eigenvalue weighted by Crippen LogP contribution is -2.10. The first-order valence-corrected chi connectivity index (χ1v) is 8.87. The molecule has 1 heterocycles. The molecule has 3 N–H and O–H groups in total. The summed E-state index contributed by atoms with van der Waals surface area (Å²) < 4.78 is 44.8. The van der Waals surface area contributed by atoms with E-state index in [1.807, 2.05) is 0 Å². The molecule has 17 heavy (non-hydrogen) atoms. The summed E-state index contributed by atoms with van der Waals surface area (Å²) in [6, 6.07) is 1.12. The molecule has 6 nitrogen and oxygen atoms in total. The third-order valence-electron chi connectivity index (χ3n) is 2.07. The third kappa shape index (κ3) is 3.26. The molecule has 0 fully saturated rings. The van der Waals surface area contributed by atoms with E-state index in [1.54, 1.807) is 6.92 Å². The van der Waals surface area contributed by atoms with Crippen molar-refractivity contribution in [2.75, 3.05) is 6.26 Å². The lowest BCUT2D eigenvalue weighted by Gasteiger charge is -2.07. The Bertz CT molecular complexity index is 614. The Morgan fingerprint density at radius 1 is 1.41 bits per heavy atom. The fraction of sp³-hybridized carbons (Fsp3) is 0.500. The number of sulfone groups is 1. The molecule has 0 amide bonds. The van der Waals surface area contributed by atoms with Crippen LogP contribution in [0, 0.1) is 0 Å². The van der Waals surface area contributed by atoms with Gasteiger partial charge in [0.15, 0.2) is 9.84 Å². The van der Waals surface area contributed by atoms with E-state index in [0.29, 0.717) is 11.3 Å². The summed E-state index contributed by atoms with van der Waals surface area (Å²) in [5.74, 6) is 0. The highest BCUT2D eigenvalue weighted by Crippen LogP contribution is 2.34. The predicted molar refractivity (Wildman–Crippen MR) is 64.1 cm³/mol. The van der Waals surface area contributed by atoms with E-state index >= 15 is 0 Å². The molecule has 0 aliphatic rings. The molecule has 0 aromatic carbocycles. The van der Waals surface area contributed by atoms with Crippen LogP contribution in [0.3, 0.4) is 0 Å². The van der Waals surface area contributed by atoms with Gasteiger partial charge in [0, 0.05) is 11.8 Å². The van der Waals surface area contributed by atoms with Gasteiger partial charge in [-0.3, -0.25) is 0 Å². The second-order valence-electron chi connectivity index (χ2n) is 3.55. The van der Waals surface area contributed by atoms with E-state index in [-0.39, 0.29) is 20.4 Å². The van der Waals surface area contributed by atoms with Crippen LogP contribution in [0.5, 0.6) is 0 Å². The molecule has 0 aliphatic carbocycles. The number of aliphatic hydroxyl groups is 1. The van der Waals surface area contributed by atoms with Crippen molar-refractivity contribution in [3.8, 4) is 0 Å². The fourth-order valence-corrected chi connectivity index (χ4v) is 4.59. The topological polar surface area (TPSA) is 115 Å². The highest BCUT2D eigenvalue weighted by molar-refractivity contribution is 7.94. The first kappa shape index (κ1) is 14.6. The lowest BCUT2D eigenvalue weighted by molar-refractivity contribution is 0.171. The Hall–Kier alpha value is -0.480. The van der Waals surface area contributed by atoms with Crippen molar-refractivity contribution in [2.24, 2.45) is 5.14 Å². The van der Waals surface area contributed by atoms with Crippen molar-refractivity contribution in [1.29, 1.82) is 0 Å².